The van der Waals surface area contributed by atoms with E-state index >= 15 is 0 Å². The number of ether oxygens (including phenoxy) is 1. The fourth-order valence-corrected chi connectivity index (χ4v) is 2.63. The van der Waals surface area contributed by atoms with Crippen LogP contribution in [-0.2, 0) is 18.5 Å². The Morgan fingerprint density at radius 3 is 2.92 bits per heavy atom. The molecule has 10 heteroatoms. The zero-order valence-electron chi connectivity index (χ0n) is 13.5. The summed E-state index contributed by atoms with van der Waals surface area (Å²) in [5.74, 6) is 0.141. The highest BCUT2D eigenvalue weighted by atomic mass is 32.1. The Morgan fingerprint density at radius 2 is 2.28 bits per heavy atom. The first-order valence-electron chi connectivity index (χ1n) is 7.16. The van der Waals surface area contributed by atoms with Gasteiger partial charge in [-0.05, 0) is 12.1 Å². The smallest absolute Gasteiger partial charge is 0.460 e. The lowest BCUT2D eigenvalue weighted by Gasteiger charge is -2.07. The van der Waals surface area contributed by atoms with E-state index in [-0.39, 0.29) is 12.4 Å². The Balaban J connectivity index is 1.94. The van der Waals surface area contributed by atoms with Gasteiger partial charge in [0.25, 0.3) is 0 Å². The Bertz CT molecular complexity index is 959. The fourth-order valence-electron chi connectivity index (χ4n) is 2.08. The first-order valence-corrected chi connectivity index (χ1v) is 8.04. The van der Waals surface area contributed by atoms with E-state index in [2.05, 4.69) is 15.1 Å². The number of aryl methyl sites for hydroxylation is 1. The predicted octanol–water partition coefficient (Wildman–Crippen LogP) is 1.39. The van der Waals surface area contributed by atoms with Gasteiger partial charge < -0.3 is 19.8 Å². The van der Waals surface area contributed by atoms with Crippen LogP contribution in [0, 0.1) is 0 Å². The molecule has 130 valence electrons. The molecule has 0 unspecified atom stereocenters. The van der Waals surface area contributed by atoms with E-state index in [1.807, 2.05) is 0 Å². The molecule has 0 fully saturated rings. The highest BCUT2D eigenvalue weighted by molar-refractivity contribution is 7.13. The van der Waals surface area contributed by atoms with E-state index in [4.69, 9.17) is 19.8 Å². The number of oxime groups is 1. The normalized spacial score (nSPS) is 11.5. The molecule has 0 radical (unpaired) electrons. The molecule has 3 rings (SSSR count). The van der Waals surface area contributed by atoms with Crippen molar-refractivity contribution in [2.45, 2.75) is 6.61 Å². The van der Waals surface area contributed by atoms with Crippen molar-refractivity contribution < 1.29 is 14.1 Å². The minimum atomic E-state index is -0.722. The van der Waals surface area contributed by atoms with Gasteiger partial charge in [0.1, 0.15) is 5.75 Å². The van der Waals surface area contributed by atoms with Crippen molar-refractivity contribution in [1.82, 2.24) is 14.7 Å². The van der Waals surface area contributed by atoms with Gasteiger partial charge in [0, 0.05) is 18.0 Å². The topological polar surface area (TPSA) is 118 Å². The molecule has 0 atom stereocenters. The summed E-state index contributed by atoms with van der Waals surface area (Å²) in [6.45, 7) is 0.132. The summed E-state index contributed by atoms with van der Waals surface area (Å²) in [7, 11) is 3.12. The lowest BCUT2D eigenvalue weighted by atomic mass is 10.1. The number of nitrogens with zero attached hydrogens (tertiary/aromatic N) is 4. The van der Waals surface area contributed by atoms with E-state index < -0.39 is 5.76 Å². The second kappa shape index (κ2) is 7.18. The van der Waals surface area contributed by atoms with Crippen LogP contribution in [0.5, 0.6) is 5.75 Å². The standard InChI is InChI=1S/C15H15N5O4S/c1-20-13(18-15(21)24-20)12(9-4-3-5-11(6-9)22-2)19-23-7-10-8-25-14(16)17-10/h3-6,8H,7H2,1-2H3,(H2,16,17). The van der Waals surface area contributed by atoms with Crippen LogP contribution in [0.25, 0.3) is 0 Å². The first kappa shape index (κ1) is 16.7. The zero-order valence-corrected chi connectivity index (χ0v) is 14.3. The largest absolute Gasteiger partial charge is 0.497 e. The van der Waals surface area contributed by atoms with Crippen LogP contribution in [-0.4, -0.2) is 27.5 Å². The number of methoxy groups -OCH3 is 1. The minimum Gasteiger partial charge on any atom is -0.497 e. The van der Waals surface area contributed by atoms with E-state index in [9.17, 15) is 4.79 Å². The molecule has 2 heterocycles. The maximum absolute atomic E-state index is 11.4. The number of anilines is 1. The number of nitrogen functional groups attached to an aromatic ring is 1. The molecule has 0 saturated heterocycles. The zero-order chi connectivity index (χ0) is 17.8. The number of rotatable bonds is 6. The molecule has 0 saturated carbocycles. The summed E-state index contributed by atoms with van der Waals surface area (Å²) in [5.41, 5.74) is 7.23. The van der Waals surface area contributed by atoms with Crippen LogP contribution < -0.4 is 16.2 Å². The van der Waals surface area contributed by atoms with Crippen molar-refractivity contribution in [1.29, 1.82) is 0 Å². The number of hydrogen-bond donors (Lipinski definition) is 1. The van der Waals surface area contributed by atoms with E-state index in [1.54, 1.807) is 43.8 Å². The summed E-state index contributed by atoms with van der Waals surface area (Å²) in [5, 5.41) is 6.35. The Morgan fingerprint density at radius 1 is 1.44 bits per heavy atom. The monoisotopic (exact) mass is 361 g/mol. The molecule has 2 aromatic heterocycles. The van der Waals surface area contributed by atoms with Gasteiger partial charge in [-0.15, -0.1) is 11.3 Å². The molecule has 25 heavy (non-hydrogen) atoms. The Kier molecular flexibility index (Phi) is 4.80. The molecule has 0 bridgehead atoms. The van der Waals surface area contributed by atoms with Crippen molar-refractivity contribution in [3.05, 3.63) is 57.3 Å². The molecular formula is C15H15N5O4S. The third-order valence-electron chi connectivity index (χ3n) is 3.20. The van der Waals surface area contributed by atoms with Crippen molar-refractivity contribution in [2.24, 2.45) is 12.2 Å². The van der Waals surface area contributed by atoms with Gasteiger partial charge in [-0.2, -0.15) is 9.72 Å². The lowest BCUT2D eigenvalue weighted by Crippen LogP contribution is -2.12. The highest BCUT2D eigenvalue weighted by Crippen LogP contribution is 2.17. The van der Waals surface area contributed by atoms with Gasteiger partial charge in [-0.25, -0.2) is 9.78 Å². The average Bonchev–Trinajstić information content (AvgIpc) is 3.16. The highest BCUT2D eigenvalue weighted by Gasteiger charge is 2.17. The predicted molar refractivity (Wildman–Crippen MR) is 91.7 cm³/mol. The number of hydrogen-bond acceptors (Lipinski definition) is 9. The van der Waals surface area contributed by atoms with Gasteiger partial charge in [-0.3, -0.25) is 0 Å². The molecule has 0 amide bonds. The lowest BCUT2D eigenvalue weighted by molar-refractivity contribution is 0.128. The van der Waals surface area contributed by atoms with Crippen LogP contribution in [0.15, 0.2) is 44.1 Å². The van der Waals surface area contributed by atoms with Crippen LogP contribution in [0.3, 0.4) is 0 Å². The van der Waals surface area contributed by atoms with Crippen LogP contribution in [0.2, 0.25) is 0 Å². The van der Waals surface area contributed by atoms with Crippen LogP contribution in [0.4, 0.5) is 5.13 Å². The summed E-state index contributed by atoms with van der Waals surface area (Å²) in [4.78, 5) is 24.7. The van der Waals surface area contributed by atoms with Gasteiger partial charge >= 0.3 is 5.76 Å². The second-order valence-electron chi connectivity index (χ2n) is 4.91. The molecule has 0 spiro atoms. The quantitative estimate of drug-likeness (QED) is 0.520. The summed E-state index contributed by atoms with van der Waals surface area (Å²) >= 11 is 1.32. The van der Waals surface area contributed by atoms with Crippen LogP contribution >= 0.6 is 11.3 Å². The van der Waals surface area contributed by atoms with Crippen LogP contribution in [0.1, 0.15) is 17.1 Å². The van der Waals surface area contributed by atoms with E-state index in [0.29, 0.717) is 27.9 Å². The van der Waals surface area contributed by atoms with Crippen molar-refractivity contribution in [3.8, 4) is 5.75 Å². The number of benzene rings is 1. The summed E-state index contributed by atoms with van der Waals surface area (Å²) in [6.07, 6.45) is 0. The molecule has 0 aliphatic heterocycles. The van der Waals surface area contributed by atoms with Crippen molar-refractivity contribution in [2.75, 3.05) is 12.8 Å². The number of thiazole rings is 1. The molecular weight excluding hydrogens is 346 g/mol. The van der Waals surface area contributed by atoms with Gasteiger partial charge in [0.15, 0.2) is 23.3 Å². The molecule has 0 aliphatic carbocycles. The molecule has 3 aromatic rings. The van der Waals surface area contributed by atoms with E-state index in [0.717, 1.165) is 0 Å². The Hall–Kier alpha value is -3.14. The molecule has 9 nitrogen and oxygen atoms in total. The summed E-state index contributed by atoms with van der Waals surface area (Å²) < 4.78 is 11.3. The summed E-state index contributed by atoms with van der Waals surface area (Å²) in [6, 6.07) is 7.14. The first-order chi connectivity index (χ1) is 12.1. The SMILES string of the molecule is COc1cccc(C(=NOCc2csc(N)n2)c2nc(=O)on2C)c1. The molecule has 2 N–H and O–H groups in total. The van der Waals surface area contributed by atoms with Crippen molar-refractivity contribution >= 4 is 22.2 Å². The number of nitrogens with two attached hydrogens (primary N) is 1. The third-order valence-corrected chi connectivity index (χ3v) is 3.93. The minimum absolute atomic E-state index is 0.132. The van der Waals surface area contributed by atoms with Gasteiger partial charge in [-0.1, -0.05) is 17.3 Å². The van der Waals surface area contributed by atoms with Crippen molar-refractivity contribution in [3.63, 3.8) is 0 Å². The van der Waals surface area contributed by atoms with E-state index in [1.165, 1.54) is 16.1 Å². The maximum atomic E-state index is 11.4. The fraction of sp³-hybridized carbons (Fsp3) is 0.200. The average molecular weight is 361 g/mol. The maximum Gasteiger partial charge on any atom is 0.460 e. The molecule has 1 aromatic carbocycles. The van der Waals surface area contributed by atoms with Gasteiger partial charge in [0.2, 0.25) is 0 Å². The Labute approximate surface area is 146 Å². The second-order valence-corrected chi connectivity index (χ2v) is 5.80. The third kappa shape index (κ3) is 3.86. The molecule has 0 aliphatic rings. The number of aromatic nitrogens is 3. The van der Waals surface area contributed by atoms with Gasteiger partial charge in [0.05, 0.1) is 12.8 Å².